The fraction of sp³-hybridized carbons (Fsp3) is 0.133. The maximum absolute atomic E-state index is 11.9. The lowest BCUT2D eigenvalue weighted by atomic mass is 10.3. The Morgan fingerprint density at radius 2 is 2.19 bits per heavy atom. The zero-order chi connectivity index (χ0) is 18.5. The van der Waals surface area contributed by atoms with Crippen LogP contribution in [-0.2, 0) is 13.2 Å². The molecule has 0 aliphatic heterocycles. The van der Waals surface area contributed by atoms with Gasteiger partial charge in [0.05, 0.1) is 17.1 Å². The van der Waals surface area contributed by atoms with Crippen LogP contribution in [0.15, 0.2) is 34.9 Å². The monoisotopic (exact) mass is 413 g/mol. The molecule has 0 atom stereocenters. The van der Waals surface area contributed by atoms with Crippen LogP contribution in [0.3, 0.4) is 0 Å². The highest BCUT2D eigenvalue weighted by Gasteiger charge is 2.23. The molecule has 11 heteroatoms. The Balaban J connectivity index is 1.64. The number of rotatable bonds is 7. The van der Waals surface area contributed by atoms with Gasteiger partial charge in [0.2, 0.25) is 5.88 Å². The summed E-state index contributed by atoms with van der Waals surface area (Å²) in [6, 6.07) is 6.33. The molecule has 0 radical (unpaired) electrons. The van der Waals surface area contributed by atoms with Crippen molar-refractivity contribution < 1.29 is 23.8 Å². The predicted molar refractivity (Wildman–Crippen MR) is 97.3 cm³/mol. The molecule has 0 saturated carbocycles. The first-order chi connectivity index (χ1) is 12.5. The van der Waals surface area contributed by atoms with Gasteiger partial charge >= 0.3 is 12.0 Å². The average Bonchev–Trinajstić information content (AvgIpc) is 3.32. The molecule has 3 heterocycles. The Labute approximate surface area is 160 Å². The minimum Gasteiger partial charge on any atom is -0.477 e. The van der Waals surface area contributed by atoms with Gasteiger partial charge in [-0.2, -0.15) is 4.37 Å². The topological polar surface area (TPSA) is 114 Å². The highest BCUT2D eigenvalue weighted by molar-refractivity contribution is 7.16. The number of thiophene rings is 1. The van der Waals surface area contributed by atoms with Gasteiger partial charge in [0.1, 0.15) is 17.4 Å². The average molecular weight is 414 g/mol. The van der Waals surface area contributed by atoms with Gasteiger partial charge in [-0.3, -0.25) is 5.32 Å². The summed E-state index contributed by atoms with van der Waals surface area (Å²) in [5, 5.41) is 14.5. The summed E-state index contributed by atoms with van der Waals surface area (Å²) in [4.78, 5) is 24.3. The zero-order valence-corrected chi connectivity index (χ0v) is 15.4. The van der Waals surface area contributed by atoms with E-state index in [2.05, 4.69) is 15.0 Å². The molecular formula is C15H12ClN3O5S2. The van der Waals surface area contributed by atoms with E-state index in [-0.39, 0.29) is 29.6 Å². The lowest BCUT2D eigenvalue weighted by Gasteiger charge is -2.06. The van der Waals surface area contributed by atoms with Crippen molar-refractivity contribution in [3.05, 3.63) is 51.1 Å². The first-order valence-electron chi connectivity index (χ1n) is 7.20. The van der Waals surface area contributed by atoms with Gasteiger partial charge in [0.15, 0.2) is 5.56 Å². The number of carboxylic acids is 1. The third-order valence-electron chi connectivity index (χ3n) is 3.08. The van der Waals surface area contributed by atoms with E-state index in [4.69, 9.17) is 20.8 Å². The Bertz CT molecular complexity index is 906. The molecule has 8 nitrogen and oxygen atoms in total. The van der Waals surface area contributed by atoms with E-state index in [1.165, 1.54) is 17.6 Å². The maximum atomic E-state index is 11.9. The number of hydrogen-bond acceptors (Lipinski definition) is 7. The summed E-state index contributed by atoms with van der Waals surface area (Å²) in [5.41, 5.74) is -0.203. The number of carbonyl (C=O) groups excluding carboxylic acids is 1. The molecule has 0 aliphatic rings. The van der Waals surface area contributed by atoms with Crippen LogP contribution in [0.25, 0.3) is 0 Å². The lowest BCUT2D eigenvalue weighted by Crippen LogP contribution is -2.28. The van der Waals surface area contributed by atoms with Crippen LogP contribution in [0.5, 0.6) is 5.88 Å². The molecule has 0 aromatic carbocycles. The third-order valence-corrected chi connectivity index (χ3v) is 5.04. The Hall–Kier alpha value is -2.56. The lowest BCUT2D eigenvalue weighted by molar-refractivity contribution is 0.0693. The molecule has 0 aliphatic carbocycles. The van der Waals surface area contributed by atoms with E-state index in [0.717, 1.165) is 16.4 Å². The van der Waals surface area contributed by atoms with Crippen LogP contribution in [0.2, 0.25) is 4.34 Å². The highest BCUT2D eigenvalue weighted by Crippen LogP contribution is 2.32. The van der Waals surface area contributed by atoms with Crippen molar-refractivity contribution in [3.63, 3.8) is 0 Å². The molecule has 3 aromatic heterocycles. The van der Waals surface area contributed by atoms with Gasteiger partial charge in [-0.1, -0.05) is 11.6 Å². The molecule has 0 fully saturated rings. The smallest absolute Gasteiger partial charge is 0.344 e. The predicted octanol–water partition coefficient (Wildman–Crippen LogP) is 4.05. The fourth-order valence-electron chi connectivity index (χ4n) is 1.94. The van der Waals surface area contributed by atoms with Gasteiger partial charge in [-0.15, -0.1) is 11.3 Å². The number of nitrogens with one attached hydrogen (secondary N) is 2. The van der Waals surface area contributed by atoms with Crippen molar-refractivity contribution in [2.75, 3.05) is 5.32 Å². The van der Waals surface area contributed by atoms with Crippen molar-refractivity contribution in [2.45, 2.75) is 13.2 Å². The molecule has 3 rings (SSSR count). The largest absolute Gasteiger partial charge is 0.477 e. The molecular weight excluding hydrogens is 402 g/mol. The van der Waals surface area contributed by atoms with E-state index in [1.807, 2.05) is 0 Å². The second-order valence-electron chi connectivity index (χ2n) is 4.88. The summed E-state index contributed by atoms with van der Waals surface area (Å²) in [6.45, 7) is 0.300. The normalized spacial score (nSPS) is 10.5. The van der Waals surface area contributed by atoms with Crippen LogP contribution >= 0.6 is 34.5 Å². The molecule has 0 spiro atoms. The second-order valence-corrected chi connectivity index (χ2v) is 7.45. The van der Waals surface area contributed by atoms with Gasteiger partial charge in [0.25, 0.3) is 0 Å². The molecule has 0 saturated heterocycles. The number of anilines is 1. The zero-order valence-electron chi connectivity index (χ0n) is 13.0. The van der Waals surface area contributed by atoms with Crippen LogP contribution in [-0.4, -0.2) is 21.5 Å². The van der Waals surface area contributed by atoms with Crippen LogP contribution in [0.1, 0.15) is 21.0 Å². The van der Waals surface area contributed by atoms with Gasteiger partial charge in [-0.05, 0) is 35.8 Å². The number of amides is 2. The Kier molecular flexibility index (Phi) is 5.76. The number of carboxylic acid groups (broad SMARTS) is 1. The van der Waals surface area contributed by atoms with Crippen LogP contribution in [0.4, 0.5) is 9.80 Å². The van der Waals surface area contributed by atoms with Crippen LogP contribution < -0.4 is 15.4 Å². The van der Waals surface area contributed by atoms with E-state index in [9.17, 15) is 14.7 Å². The number of aromatic nitrogens is 1. The number of aromatic carboxylic acids is 1. The summed E-state index contributed by atoms with van der Waals surface area (Å²) in [7, 11) is 0. The van der Waals surface area contributed by atoms with Crippen molar-refractivity contribution >= 4 is 51.5 Å². The fourth-order valence-corrected chi connectivity index (χ4v) is 3.67. The number of hydrogen-bond donors (Lipinski definition) is 3. The van der Waals surface area contributed by atoms with Crippen LogP contribution in [0, 0.1) is 0 Å². The Morgan fingerprint density at radius 3 is 2.85 bits per heavy atom. The number of ether oxygens (including phenoxy) is 1. The first kappa shape index (κ1) is 18.2. The quantitative estimate of drug-likeness (QED) is 0.538. The first-order valence-corrected chi connectivity index (χ1v) is 9.17. The summed E-state index contributed by atoms with van der Waals surface area (Å²) in [5.74, 6) is -0.741. The molecule has 2 amide bonds. The van der Waals surface area contributed by atoms with E-state index in [1.54, 1.807) is 24.3 Å². The molecule has 26 heavy (non-hydrogen) atoms. The third kappa shape index (κ3) is 4.54. The maximum Gasteiger partial charge on any atom is 0.344 e. The minimum atomic E-state index is -1.25. The number of furan rings is 1. The minimum absolute atomic E-state index is 0.0617. The second kappa shape index (κ2) is 8.21. The number of urea groups is 1. The van der Waals surface area contributed by atoms with E-state index in [0.29, 0.717) is 10.1 Å². The number of carbonyl (C=O) groups is 2. The molecule has 0 unspecified atom stereocenters. The van der Waals surface area contributed by atoms with Crippen molar-refractivity contribution in [1.29, 1.82) is 0 Å². The molecule has 0 bridgehead atoms. The number of halogens is 1. The number of nitrogens with zero attached hydrogens (tertiary/aromatic N) is 1. The Morgan fingerprint density at radius 1 is 1.35 bits per heavy atom. The van der Waals surface area contributed by atoms with E-state index < -0.39 is 12.0 Å². The standard InChI is InChI=1S/C15H12ClN3O5S2/c16-10-4-3-9(25-10)7-24-12-11(14(20)21)13(26-19-12)18-15(22)17-6-8-2-1-5-23-8/h1-5H,6-7H2,(H,20,21)(H2,17,18,22). The molecule has 3 aromatic rings. The molecule has 3 N–H and O–H groups in total. The summed E-state index contributed by atoms with van der Waals surface area (Å²) >= 11 is 7.99. The molecule has 136 valence electrons. The van der Waals surface area contributed by atoms with Gasteiger partial charge in [0, 0.05) is 4.88 Å². The van der Waals surface area contributed by atoms with Gasteiger partial charge in [-0.25, -0.2) is 9.59 Å². The van der Waals surface area contributed by atoms with Crippen molar-refractivity contribution in [2.24, 2.45) is 0 Å². The van der Waals surface area contributed by atoms with E-state index >= 15 is 0 Å². The summed E-state index contributed by atoms with van der Waals surface area (Å²) < 4.78 is 15.1. The van der Waals surface area contributed by atoms with Crippen molar-refractivity contribution in [3.8, 4) is 5.88 Å². The van der Waals surface area contributed by atoms with Crippen molar-refractivity contribution in [1.82, 2.24) is 9.69 Å². The van der Waals surface area contributed by atoms with Gasteiger partial charge < -0.3 is 19.6 Å². The highest BCUT2D eigenvalue weighted by atomic mass is 35.5. The SMILES string of the molecule is O=C(NCc1ccco1)Nc1snc(OCc2ccc(Cl)s2)c1C(=O)O. The summed E-state index contributed by atoms with van der Waals surface area (Å²) in [6.07, 6.45) is 1.49.